The first-order valence-corrected chi connectivity index (χ1v) is 10.1. The summed E-state index contributed by atoms with van der Waals surface area (Å²) in [4.78, 5) is 21.5. The van der Waals surface area contributed by atoms with Crippen LogP contribution in [-0.2, 0) is 9.59 Å². The molecule has 1 atom stereocenters. The van der Waals surface area contributed by atoms with Crippen LogP contribution in [0.5, 0.6) is 0 Å². The van der Waals surface area contributed by atoms with Crippen LogP contribution in [0.2, 0.25) is 0 Å². The number of benzene rings is 1. The number of aliphatic carboxylic acids is 2. The molecule has 28 heavy (non-hydrogen) atoms. The second-order valence-corrected chi connectivity index (χ2v) is 7.53. The summed E-state index contributed by atoms with van der Waals surface area (Å²) in [5.41, 5.74) is 2.55. The second kappa shape index (κ2) is 11.6. The summed E-state index contributed by atoms with van der Waals surface area (Å²) in [5, 5.41) is 26.0. The molecule has 0 bridgehead atoms. The van der Waals surface area contributed by atoms with Crippen molar-refractivity contribution in [2.75, 3.05) is 19.6 Å². The number of aliphatic hydroxyl groups excluding tert-OH is 1. The summed E-state index contributed by atoms with van der Waals surface area (Å²) in [6.45, 7) is 3.09. The summed E-state index contributed by atoms with van der Waals surface area (Å²) in [6, 6.07) is 8.76. The molecule has 0 aromatic heterocycles. The summed E-state index contributed by atoms with van der Waals surface area (Å²) in [7, 11) is 0. The zero-order valence-electron chi connectivity index (χ0n) is 16.3. The molecule has 1 aliphatic heterocycles. The Kier molecular flexibility index (Phi) is 9.17. The Balaban J connectivity index is 0.000000300. The molecule has 2 aliphatic rings. The van der Waals surface area contributed by atoms with E-state index in [1.807, 2.05) is 0 Å². The molecule has 1 heterocycles. The minimum absolute atomic E-state index is 0.328. The van der Waals surface area contributed by atoms with Gasteiger partial charge in [0.2, 0.25) is 0 Å². The minimum atomic E-state index is -1.26. The first-order chi connectivity index (χ1) is 13.5. The summed E-state index contributed by atoms with van der Waals surface area (Å²) >= 11 is 0. The van der Waals surface area contributed by atoms with E-state index in [0.717, 1.165) is 31.1 Å². The number of hydrogen-bond acceptors (Lipinski definition) is 4. The van der Waals surface area contributed by atoms with Gasteiger partial charge in [0.05, 0.1) is 6.10 Å². The summed E-state index contributed by atoms with van der Waals surface area (Å²) in [5.74, 6) is -1.75. The van der Waals surface area contributed by atoms with Crippen molar-refractivity contribution in [2.24, 2.45) is 0 Å². The van der Waals surface area contributed by atoms with Crippen molar-refractivity contribution >= 4 is 11.9 Å². The van der Waals surface area contributed by atoms with Crippen LogP contribution >= 0.6 is 0 Å². The van der Waals surface area contributed by atoms with Gasteiger partial charge in [0.15, 0.2) is 0 Å². The third-order valence-electron chi connectivity index (χ3n) is 5.40. The van der Waals surface area contributed by atoms with E-state index in [1.165, 1.54) is 50.5 Å². The van der Waals surface area contributed by atoms with Crippen LogP contribution in [0.3, 0.4) is 0 Å². The number of carbonyl (C=O) groups is 2. The van der Waals surface area contributed by atoms with Gasteiger partial charge >= 0.3 is 11.9 Å². The lowest BCUT2D eigenvalue weighted by Crippen LogP contribution is -2.33. The Bertz CT molecular complexity index is 627. The number of rotatable bonds is 6. The van der Waals surface area contributed by atoms with Crippen LogP contribution in [0.25, 0.3) is 0 Å². The van der Waals surface area contributed by atoms with Gasteiger partial charge in [-0.25, -0.2) is 9.59 Å². The quantitative estimate of drug-likeness (QED) is 0.644. The highest BCUT2D eigenvalue weighted by atomic mass is 16.4. The fourth-order valence-corrected chi connectivity index (χ4v) is 3.88. The Morgan fingerprint density at radius 1 is 0.929 bits per heavy atom. The molecule has 3 rings (SSSR count). The monoisotopic (exact) mass is 389 g/mol. The van der Waals surface area contributed by atoms with E-state index in [-0.39, 0.29) is 6.10 Å². The third-order valence-corrected chi connectivity index (χ3v) is 5.40. The molecule has 0 amide bonds. The number of aliphatic hydroxyl groups is 1. The highest BCUT2D eigenvalue weighted by Gasteiger charge is 2.19. The number of nitrogens with zero attached hydrogens (tertiary/aromatic N) is 1. The average molecular weight is 389 g/mol. The van der Waals surface area contributed by atoms with Crippen molar-refractivity contribution in [1.29, 1.82) is 0 Å². The van der Waals surface area contributed by atoms with Crippen LogP contribution < -0.4 is 0 Å². The van der Waals surface area contributed by atoms with E-state index in [2.05, 4.69) is 29.2 Å². The molecule has 1 unspecified atom stereocenters. The number of piperidine rings is 1. The Morgan fingerprint density at radius 3 is 1.96 bits per heavy atom. The van der Waals surface area contributed by atoms with Gasteiger partial charge in [-0.05, 0) is 55.8 Å². The molecule has 3 N–H and O–H groups in total. The Morgan fingerprint density at radius 2 is 1.46 bits per heavy atom. The van der Waals surface area contributed by atoms with E-state index in [4.69, 9.17) is 10.2 Å². The topological polar surface area (TPSA) is 98.1 Å². The molecular formula is C22H31NO5. The minimum Gasteiger partial charge on any atom is -0.478 e. The van der Waals surface area contributed by atoms with E-state index < -0.39 is 11.9 Å². The SMILES string of the molecule is O=C(O)/C=C\C(=O)O.OC(CN1CCCCC1)c1ccc(C2CCCC2)cc1. The van der Waals surface area contributed by atoms with Gasteiger partial charge in [0.25, 0.3) is 0 Å². The van der Waals surface area contributed by atoms with Gasteiger partial charge in [-0.15, -0.1) is 0 Å². The van der Waals surface area contributed by atoms with E-state index in [1.54, 1.807) is 0 Å². The lowest BCUT2D eigenvalue weighted by atomic mass is 9.95. The molecule has 154 valence electrons. The first-order valence-electron chi connectivity index (χ1n) is 10.1. The van der Waals surface area contributed by atoms with Gasteiger partial charge in [-0.2, -0.15) is 0 Å². The fourth-order valence-electron chi connectivity index (χ4n) is 3.88. The standard InChI is InChI=1S/C18H27NO.C4H4O4/c20-18(14-19-12-4-1-5-13-19)17-10-8-16(9-11-17)15-6-2-3-7-15;5-3(6)1-2-4(7)8/h8-11,15,18,20H,1-7,12-14H2;1-2H,(H,5,6)(H,7,8)/b;2-1-. The van der Waals surface area contributed by atoms with Gasteiger partial charge in [-0.1, -0.05) is 43.5 Å². The lowest BCUT2D eigenvalue weighted by Gasteiger charge is -2.28. The van der Waals surface area contributed by atoms with Crippen LogP contribution in [0.4, 0.5) is 0 Å². The molecule has 1 aliphatic carbocycles. The molecule has 6 heteroatoms. The Hall–Kier alpha value is -2.18. The number of likely N-dealkylation sites (tertiary alicyclic amines) is 1. The average Bonchev–Trinajstić information content (AvgIpc) is 3.23. The lowest BCUT2D eigenvalue weighted by molar-refractivity contribution is -0.134. The van der Waals surface area contributed by atoms with Crippen LogP contribution in [0.1, 0.15) is 68.1 Å². The van der Waals surface area contributed by atoms with Crippen molar-refractivity contribution in [3.8, 4) is 0 Å². The number of β-amino-alcohol motifs (C(OH)–C–C–N with tert-alkyl or cyclic N) is 1. The molecule has 1 saturated heterocycles. The maximum atomic E-state index is 10.4. The third kappa shape index (κ3) is 7.82. The van der Waals surface area contributed by atoms with Crippen LogP contribution in [0.15, 0.2) is 36.4 Å². The van der Waals surface area contributed by atoms with Crippen molar-refractivity contribution in [3.05, 3.63) is 47.5 Å². The van der Waals surface area contributed by atoms with Crippen molar-refractivity contribution in [2.45, 2.75) is 57.0 Å². The van der Waals surface area contributed by atoms with Gasteiger partial charge in [0.1, 0.15) is 0 Å². The molecule has 2 fully saturated rings. The largest absolute Gasteiger partial charge is 0.478 e. The van der Waals surface area contributed by atoms with Crippen molar-refractivity contribution in [3.63, 3.8) is 0 Å². The summed E-state index contributed by atoms with van der Waals surface area (Å²) < 4.78 is 0. The zero-order valence-corrected chi connectivity index (χ0v) is 16.3. The smallest absolute Gasteiger partial charge is 0.328 e. The highest BCUT2D eigenvalue weighted by molar-refractivity contribution is 5.89. The maximum Gasteiger partial charge on any atom is 0.328 e. The summed E-state index contributed by atoms with van der Waals surface area (Å²) in [6.07, 6.45) is 10.2. The normalized spacial score (nSPS) is 19.2. The van der Waals surface area contributed by atoms with E-state index in [0.29, 0.717) is 12.2 Å². The molecule has 1 saturated carbocycles. The van der Waals surface area contributed by atoms with Gasteiger partial charge in [0, 0.05) is 18.7 Å². The fraction of sp³-hybridized carbons (Fsp3) is 0.545. The second-order valence-electron chi connectivity index (χ2n) is 7.53. The molecule has 1 aromatic rings. The molecule has 6 nitrogen and oxygen atoms in total. The molecule has 1 aromatic carbocycles. The molecule has 0 radical (unpaired) electrons. The highest BCUT2D eigenvalue weighted by Crippen LogP contribution is 2.34. The number of carboxylic acids is 2. The number of carboxylic acid groups (broad SMARTS) is 2. The molecular weight excluding hydrogens is 358 g/mol. The van der Waals surface area contributed by atoms with Gasteiger partial charge in [-0.3, -0.25) is 0 Å². The zero-order chi connectivity index (χ0) is 20.4. The predicted octanol–water partition coefficient (Wildman–Crippen LogP) is 3.58. The van der Waals surface area contributed by atoms with Gasteiger partial charge < -0.3 is 20.2 Å². The predicted molar refractivity (Wildman–Crippen MR) is 107 cm³/mol. The number of hydrogen-bond donors (Lipinski definition) is 3. The Labute approximate surface area is 166 Å². The van der Waals surface area contributed by atoms with E-state index in [9.17, 15) is 14.7 Å². The first kappa shape index (κ1) is 22.1. The molecule has 0 spiro atoms. The van der Waals surface area contributed by atoms with Crippen LogP contribution in [-0.4, -0.2) is 51.8 Å². The van der Waals surface area contributed by atoms with E-state index >= 15 is 0 Å². The van der Waals surface area contributed by atoms with Crippen LogP contribution in [0, 0.1) is 0 Å². The maximum absolute atomic E-state index is 10.4. The van der Waals surface area contributed by atoms with Crippen molar-refractivity contribution in [1.82, 2.24) is 4.90 Å². The van der Waals surface area contributed by atoms with Crippen molar-refractivity contribution < 1.29 is 24.9 Å².